The van der Waals surface area contributed by atoms with E-state index < -0.39 is 4.92 Å². The molecule has 2 rings (SSSR count). The summed E-state index contributed by atoms with van der Waals surface area (Å²) < 4.78 is 5.65. The first-order valence-corrected chi connectivity index (χ1v) is 8.36. The van der Waals surface area contributed by atoms with Crippen LogP contribution in [0.5, 0.6) is 0 Å². The van der Waals surface area contributed by atoms with Crippen LogP contribution in [0.1, 0.15) is 5.76 Å². The van der Waals surface area contributed by atoms with Gasteiger partial charge in [0.2, 0.25) is 5.13 Å². The fraction of sp³-hybridized carbons (Fsp3) is 0.167. The maximum atomic E-state index is 10.5. The average Bonchev–Trinajstić information content (AvgIpc) is 3.11. The lowest BCUT2D eigenvalue weighted by Crippen LogP contribution is -2.21. The van der Waals surface area contributed by atoms with Crippen LogP contribution < -0.4 is 16.8 Å². The zero-order valence-electron chi connectivity index (χ0n) is 12.1. The number of hydrogen-bond acceptors (Lipinski definition) is 8. The third-order valence-corrected chi connectivity index (χ3v) is 3.93. The largest absolute Gasteiger partial charge is 0.458 e. The highest BCUT2D eigenvalue weighted by molar-refractivity contribution is 8.02. The fourth-order valence-corrected chi connectivity index (χ4v) is 2.69. The van der Waals surface area contributed by atoms with Crippen molar-refractivity contribution in [2.24, 2.45) is 16.5 Å². The van der Waals surface area contributed by atoms with E-state index in [4.69, 9.17) is 15.9 Å². The summed E-state index contributed by atoms with van der Waals surface area (Å²) in [6, 6.07) is 3.54. The molecule has 0 amide bonds. The molecular formula is C12H14N6O3S2. The van der Waals surface area contributed by atoms with E-state index in [1.54, 1.807) is 23.8 Å². The number of guanidine groups is 1. The SMILES string of the molecule is CS/C(=C/[N+](=O)[O-])NCc1ccc(-c2csc(N=C(N)N)n2)o1. The molecule has 2 aromatic rings. The first kappa shape index (κ1) is 16.8. The summed E-state index contributed by atoms with van der Waals surface area (Å²) >= 11 is 2.54. The van der Waals surface area contributed by atoms with Crippen molar-refractivity contribution in [2.75, 3.05) is 6.26 Å². The lowest BCUT2D eigenvalue weighted by atomic mass is 10.3. The normalized spacial score (nSPS) is 11.3. The number of thiazole rings is 1. The van der Waals surface area contributed by atoms with E-state index in [0.717, 1.165) is 6.20 Å². The van der Waals surface area contributed by atoms with Crippen molar-refractivity contribution in [2.45, 2.75) is 6.54 Å². The second-order valence-corrected chi connectivity index (χ2v) is 5.84. The summed E-state index contributed by atoms with van der Waals surface area (Å²) in [4.78, 5) is 18.1. The van der Waals surface area contributed by atoms with E-state index in [-0.39, 0.29) is 5.96 Å². The molecule has 11 heteroatoms. The van der Waals surface area contributed by atoms with Gasteiger partial charge in [0, 0.05) is 5.38 Å². The molecule has 5 N–H and O–H groups in total. The lowest BCUT2D eigenvalue weighted by Gasteiger charge is -2.03. The Morgan fingerprint density at radius 1 is 1.61 bits per heavy atom. The van der Waals surface area contributed by atoms with Crippen molar-refractivity contribution in [3.05, 3.63) is 44.6 Å². The molecule has 0 aliphatic carbocycles. The predicted octanol–water partition coefficient (Wildman–Crippen LogP) is 1.84. The van der Waals surface area contributed by atoms with Gasteiger partial charge in [0.15, 0.2) is 11.7 Å². The molecule has 0 spiro atoms. The molecule has 0 aliphatic heterocycles. The number of nitrogens with one attached hydrogen (secondary N) is 1. The highest BCUT2D eigenvalue weighted by Crippen LogP contribution is 2.28. The van der Waals surface area contributed by atoms with E-state index >= 15 is 0 Å². The van der Waals surface area contributed by atoms with Crippen molar-refractivity contribution in [1.82, 2.24) is 10.3 Å². The number of hydrogen-bond donors (Lipinski definition) is 3. The number of aromatic nitrogens is 1. The number of nitrogens with two attached hydrogens (primary N) is 2. The second-order valence-electron chi connectivity index (χ2n) is 4.15. The van der Waals surface area contributed by atoms with Crippen LogP contribution in [-0.2, 0) is 6.54 Å². The molecule has 0 aromatic carbocycles. The molecule has 23 heavy (non-hydrogen) atoms. The van der Waals surface area contributed by atoms with E-state index in [9.17, 15) is 10.1 Å². The van der Waals surface area contributed by atoms with Crippen molar-refractivity contribution in [1.29, 1.82) is 0 Å². The van der Waals surface area contributed by atoms with Gasteiger partial charge in [-0.05, 0) is 18.4 Å². The molecule has 0 aliphatic rings. The first-order valence-electron chi connectivity index (χ1n) is 6.25. The van der Waals surface area contributed by atoms with E-state index in [1.807, 2.05) is 0 Å². The Bertz CT molecular complexity index is 748. The van der Waals surface area contributed by atoms with Gasteiger partial charge in [0.1, 0.15) is 16.5 Å². The maximum absolute atomic E-state index is 10.5. The summed E-state index contributed by atoms with van der Waals surface area (Å²) in [7, 11) is 0. The molecule has 0 bridgehead atoms. The molecule has 0 saturated carbocycles. The Morgan fingerprint density at radius 2 is 2.39 bits per heavy atom. The van der Waals surface area contributed by atoms with Gasteiger partial charge in [-0.15, -0.1) is 23.1 Å². The third-order valence-electron chi connectivity index (χ3n) is 2.51. The molecule has 0 fully saturated rings. The predicted molar refractivity (Wildman–Crippen MR) is 90.7 cm³/mol. The van der Waals surface area contributed by atoms with Crippen LogP contribution >= 0.6 is 23.1 Å². The van der Waals surface area contributed by atoms with E-state index in [2.05, 4.69) is 15.3 Å². The van der Waals surface area contributed by atoms with Gasteiger partial charge in [-0.25, -0.2) is 4.98 Å². The van der Waals surface area contributed by atoms with Crippen LogP contribution in [0.3, 0.4) is 0 Å². The van der Waals surface area contributed by atoms with Crippen LogP contribution in [-0.4, -0.2) is 22.1 Å². The van der Waals surface area contributed by atoms with Crippen LogP contribution in [0, 0.1) is 10.1 Å². The molecule has 2 heterocycles. The summed E-state index contributed by atoms with van der Waals surface area (Å²) in [5.41, 5.74) is 11.2. The van der Waals surface area contributed by atoms with Crippen molar-refractivity contribution < 1.29 is 9.34 Å². The van der Waals surface area contributed by atoms with Crippen molar-refractivity contribution in [3.63, 3.8) is 0 Å². The molecule has 9 nitrogen and oxygen atoms in total. The minimum absolute atomic E-state index is 0.0580. The van der Waals surface area contributed by atoms with Crippen LogP contribution in [0.15, 0.2) is 38.2 Å². The minimum atomic E-state index is -0.507. The number of rotatable bonds is 7. The molecule has 0 saturated heterocycles. The Balaban J connectivity index is 2.04. The molecule has 0 radical (unpaired) electrons. The number of thioether (sulfide) groups is 1. The summed E-state index contributed by atoms with van der Waals surface area (Å²) in [6.45, 7) is 0.325. The molecule has 0 unspecified atom stereocenters. The zero-order valence-corrected chi connectivity index (χ0v) is 13.7. The highest BCUT2D eigenvalue weighted by Gasteiger charge is 2.10. The maximum Gasteiger partial charge on any atom is 0.263 e. The zero-order chi connectivity index (χ0) is 16.8. The Labute approximate surface area is 139 Å². The third kappa shape index (κ3) is 5.00. The number of furan rings is 1. The second kappa shape index (κ2) is 7.65. The van der Waals surface area contributed by atoms with E-state index in [1.165, 1.54) is 23.1 Å². The Hall–Kier alpha value is -2.53. The molecule has 122 valence electrons. The van der Waals surface area contributed by atoms with Gasteiger partial charge in [-0.2, -0.15) is 4.99 Å². The van der Waals surface area contributed by atoms with Crippen molar-refractivity contribution in [3.8, 4) is 11.5 Å². The Kier molecular flexibility index (Phi) is 5.60. The smallest absolute Gasteiger partial charge is 0.263 e. The number of nitro groups is 1. The highest BCUT2D eigenvalue weighted by atomic mass is 32.2. The molecular weight excluding hydrogens is 340 g/mol. The van der Waals surface area contributed by atoms with Crippen LogP contribution in [0.4, 0.5) is 5.13 Å². The van der Waals surface area contributed by atoms with Crippen LogP contribution in [0.25, 0.3) is 11.5 Å². The fourth-order valence-electron chi connectivity index (χ4n) is 1.59. The van der Waals surface area contributed by atoms with Gasteiger partial charge < -0.3 is 21.2 Å². The number of aliphatic imine (C=N–C) groups is 1. The standard InChI is InChI=1S/C12H14N6O3S2/c1-22-10(5-18(19)20)15-4-7-2-3-9(21-7)8-6-23-12(16-8)17-11(13)14/h2-3,5-6,15H,4H2,1H3,(H4,13,14,16,17)/b10-5+. The first-order chi connectivity index (χ1) is 11.0. The van der Waals surface area contributed by atoms with Gasteiger partial charge in [0.05, 0.1) is 11.5 Å². The van der Waals surface area contributed by atoms with Crippen molar-refractivity contribution >= 4 is 34.2 Å². The summed E-state index contributed by atoms with van der Waals surface area (Å²) in [6.07, 6.45) is 2.66. The quantitative estimate of drug-likeness (QED) is 0.295. The summed E-state index contributed by atoms with van der Waals surface area (Å²) in [5, 5.41) is 16.1. The van der Waals surface area contributed by atoms with E-state index in [0.29, 0.717) is 33.9 Å². The summed E-state index contributed by atoms with van der Waals surface area (Å²) in [5.74, 6) is 1.14. The van der Waals surface area contributed by atoms with Gasteiger partial charge in [0.25, 0.3) is 6.20 Å². The topological polar surface area (TPSA) is 146 Å². The number of nitrogens with zero attached hydrogens (tertiary/aromatic N) is 3. The Morgan fingerprint density at radius 3 is 3.04 bits per heavy atom. The monoisotopic (exact) mass is 354 g/mol. The average molecular weight is 354 g/mol. The molecule has 0 atom stereocenters. The lowest BCUT2D eigenvalue weighted by molar-refractivity contribution is -0.403. The molecule has 2 aromatic heterocycles. The van der Waals surface area contributed by atoms with Gasteiger partial charge in [-0.1, -0.05) is 0 Å². The van der Waals surface area contributed by atoms with Gasteiger partial charge >= 0.3 is 0 Å². The van der Waals surface area contributed by atoms with Crippen LogP contribution in [0.2, 0.25) is 0 Å². The minimum Gasteiger partial charge on any atom is -0.458 e. The van der Waals surface area contributed by atoms with Gasteiger partial charge in [-0.3, -0.25) is 10.1 Å².